The highest BCUT2D eigenvalue weighted by atomic mass is 32.2. The Morgan fingerprint density at radius 2 is 1.66 bits per heavy atom. The molecule has 4 rings (SSSR count). The lowest BCUT2D eigenvalue weighted by atomic mass is 10.1. The summed E-state index contributed by atoms with van der Waals surface area (Å²) in [6.07, 6.45) is 0.172. The molecule has 9 heteroatoms. The number of amides is 2. The fourth-order valence-corrected chi connectivity index (χ4v) is 4.63. The number of ether oxygens (including phenoxy) is 2. The minimum Gasteiger partial charge on any atom is -0.495 e. The van der Waals surface area contributed by atoms with E-state index in [0.717, 1.165) is 15.7 Å². The van der Waals surface area contributed by atoms with Crippen molar-refractivity contribution in [2.45, 2.75) is 17.7 Å². The van der Waals surface area contributed by atoms with Gasteiger partial charge in [-0.2, -0.15) is 0 Å². The van der Waals surface area contributed by atoms with E-state index in [4.69, 9.17) is 9.47 Å². The molecule has 0 aromatic heterocycles. The summed E-state index contributed by atoms with van der Waals surface area (Å²) in [7, 11) is -2.51. The summed E-state index contributed by atoms with van der Waals surface area (Å²) in [4.78, 5) is 25.1. The summed E-state index contributed by atoms with van der Waals surface area (Å²) < 4.78 is 39.1. The third-order valence-electron chi connectivity index (χ3n) is 5.15. The van der Waals surface area contributed by atoms with Crippen LogP contribution in [0.2, 0.25) is 0 Å². The van der Waals surface area contributed by atoms with Gasteiger partial charge in [-0.3, -0.25) is 9.59 Å². The van der Waals surface area contributed by atoms with Crippen LogP contribution in [0.1, 0.15) is 12.8 Å². The quantitative estimate of drug-likeness (QED) is 0.415. The molecule has 1 fully saturated rings. The van der Waals surface area contributed by atoms with Crippen LogP contribution in [-0.4, -0.2) is 40.5 Å². The first-order valence-electron chi connectivity index (χ1n) is 10.0. The van der Waals surface area contributed by atoms with Gasteiger partial charge < -0.3 is 9.47 Å². The van der Waals surface area contributed by atoms with Gasteiger partial charge >= 0.3 is 0 Å². The lowest BCUT2D eigenvalue weighted by Gasteiger charge is -2.18. The molecular formula is C23H22N2O6S. The zero-order chi connectivity index (χ0) is 22.7. The maximum absolute atomic E-state index is 12.8. The number of hydrogen-bond donors (Lipinski definition) is 1. The summed E-state index contributed by atoms with van der Waals surface area (Å²) in [5.74, 6) is 0.130. The van der Waals surface area contributed by atoms with E-state index < -0.39 is 10.0 Å². The van der Waals surface area contributed by atoms with Crippen LogP contribution in [0.4, 0.5) is 5.69 Å². The first-order valence-corrected chi connectivity index (χ1v) is 11.5. The number of methoxy groups -OCH3 is 1. The second-order valence-electron chi connectivity index (χ2n) is 7.18. The number of imide groups is 1. The van der Waals surface area contributed by atoms with Gasteiger partial charge in [0.2, 0.25) is 21.8 Å². The molecule has 2 amide bonds. The third kappa shape index (κ3) is 4.30. The fraction of sp³-hybridized carbons (Fsp3) is 0.217. The Morgan fingerprint density at radius 1 is 0.938 bits per heavy atom. The minimum absolute atomic E-state index is 0.0362. The second-order valence-corrected chi connectivity index (χ2v) is 8.95. The van der Waals surface area contributed by atoms with Crippen LogP contribution in [-0.2, 0) is 19.6 Å². The SMILES string of the molecule is COc1ccc(S(=O)(=O)NCCOc2cccc3ccccc23)cc1N1C(=O)CCC1=O. The standard InChI is InChI=1S/C23H22N2O6S/c1-30-21-10-9-17(15-19(21)25-22(26)11-12-23(25)27)32(28,29)24-13-14-31-20-8-4-6-16-5-2-3-7-18(16)20/h2-10,15,24H,11-14H2,1H3. The number of carbonyl (C=O) groups excluding carboxylic acids is 2. The van der Waals surface area contributed by atoms with Crippen LogP contribution in [0.25, 0.3) is 10.8 Å². The Hall–Kier alpha value is -3.43. The topological polar surface area (TPSA) is 102 Å². The molecule has 0 aliphatic carbocycles. The lowest BCUT2D eigenvalue weighted by Crippen LogP contribution is -2.30. The predicted molar refractivity (Wildman–Crippen MR) is 119 cm³/mol. The largest absolute Gasteiger partial charge is 0.495 e. The average Bonchev–Trinajstić information content (AvgIpc) is 3.14. The number of nitrogens with one attached hydrogen (secondary N) is 1. The molecule has 0 atom stereocenters. The molecule has 32 heavy (non-hydrogen) atoms. The smallest absolute Gasteiger partial charge is 0.240 e. The van der Waals surface area contributed by atoms with Crippen molar-refractivity contribution in [1.29, 1.82) is 0 Å². The molecule has 166 valence electrons. The predicted octanol–water partition coefficient (Wildman–Crippen LogP) is 2.86. The Morgan fingerprint density at radius 3 is 2.41 bits per heavy atom. The van der Waals surface area contributed by atoms with Crippen molar-refractivity contribution >= 4 is 38.3 Å². The zero-order valence-corrected chi connectivity index (χ0v) is 18.2. The van der Waals surface area contributed by atoms with Crippen molar-refractivity contribution < 1.29 is 27.5 Å². The molecule has 1 saturated heterocycles. The number of anilines is 1. The number of rotatable bonds is 8. The lowest BCUT2D eigenvalue weighted by molar-refractivity contribution is -0.121. The normalized spacial score (nSPS) is 14.2. The molecule has 0 unspecified atom stereocenters. The van der Waals surface area contributed by atoms with E-state index in [1.165, 1.54) is 25.3 Å². The number of nitrogens with zero attached hydrogens (tertiary/aromatic N) is 1. The summed E-state index contributed by atoms with van der Waals surface area (Å²) in [6.45, 7) is 0.161. The summed E-state index contributed by atoms with van der Waals surface area (Å²) in [5.41, 5.74) is 0.120. The van der Waals surface area contributed by atoms with Gasteiger partial charge in [-0.25, -0.2) is 18.0 Å². The van der Waals surface area contributed by atoms with Gasteiger partial charge in [0, 0.05) is 24.8 Å². The maximum Gasteiger partial charge on any atom is 0.240 e. The molecule has 3 aromatic carbocycles. The highest BCUT2D eigenvalue weighted by molar-refractivity contribution is 7.89. The van der Waals surface area contributed by atoms with Gasteiger partial charge in [0.25, 0.3) is 0 Å². The van der Waals surface area contributed by atoms with Crippen LogP contribution < -0.4 is 19.1 Å². The van der Waals surface area contributed by atoms with Gasteiger partial charge in [0.15, 0.2) is 0 Å². The van der Waals surface area contributed by atoms with Gasteiger partial charge in [-0.1, -0.05) is 36.4 Å². The van der Waals surface area contributed by atoms with Crippen LogP contribution in [0.5, 0.6) is 11.5 Å². The van der Waals surface area contributed by atoms with Gasteiger partial charge in [-0.05, 0) is 29.7 Å². The van der Waals surface area contributed by atoms with E-state index in [9.17, 15) is 18.0 Å². The molecule has 1 N–H and O–H groups in total. The van der Waals surface area contributed by atoms with Crippen LogP contribution in [0, 0.1) is 0 Å². The van der Waals surface area contributed by atoms with Crippen molar-refractivity contribution in [3.63, 3.8) is 0 Å². The molecule has 1 aliphatic rings. The van der Waals surface area contributed by atoms with Crippen molar-refractivity contribution in [3.8, 4) is 11.5 Å². The Bertz CT molecular complexity index is 1270. The van der Waals surface area contributed by atoms with Gasteiger partial charge in [0.05, 0.1) is 17.7 Å². The van der Waals surface area contributed by atoms with E-state index in [-0.39, 0.29) is 54.1 Å². The first-order chi connectivity index (χ1) is 15.4. The van der Waals surface area contributed by atoms with Crippen LogP contribution in [0.15, 0.2) is 65.6 Å². The highest BCUT2D eigenvalue weighted by Gasteiger charge is 2.33. The molecule has 1 heterocycles. The number of carbonyl (C=O) groups is 2. The Kier molecular flexibility index (Phi) is 6.11. The zero-order valence-electron chi connectivity index (χ0n) is 17.4. The monoisotopic (exact) mass is 454 g/mol. The van der Waals surface area contributed by atoms with E-state index in [1.807, 2.05) is 42.5 Å². The molecule has 0 bridgehead atoms. The van der Waals surface area contributed by atoms with Crippen LogP contribution in [0.3, 0.4) is 0 Å². The van der Waals surface area contributed by atoms with E-state index in [2.05, 4.69) is 4.72 Å². The van der Waals surface area contributed by atoms with E-state index >= 15 is 0 Å². The molecule has 0 radical (unpaired) electrons. The van der Waals surface area contributed by atoms with E-state index in [0.29, 0.717) is 5.75 Å². The molecular weight excluding hydrogens is 432 g/mol. The van der Waals surface area contributed by atoms with Gasteiger partial charge in [-0.15, -0.1) is 0 Å². The number of benzene rings is 3. The molecule has 3 aromatic rings. The van der Waals surface area contributed by atoms with Crippen molar-refractivity contribution in [1.82, 2.24) is 4.72 Å². The minimum atomic E-state index is -3.90. The molecule has 8 nitrogen and oxygen atoms in total. The Labute approximate surface area is 185 Å². The average molecular weight is 455 g/mol. The van der Waals surface area contributed by atoms with Crippen molar-refractivity contribution in [3.05, 3.63) is 60.7 Å². The maximum atomic E-state index is 12.8. The molecule has 0 spiro atoms. The molecule has 1 aliphatic heterocycles. The number of hydrogen-bond acceptors (Lipinski definition) is 6. The number of sulfonamides is 1. The van der Waals surface area contributed by atoms with Crippen molar-refractivity contribution in [2.24, 2.45) is 0 Å². The molecule has 0 saturated carbocycles. The van der Waals surface area contributed by atoms with Gasteiger partial charge in [0.1, 0.15) is 18.1 Å². The summed E-state index contributed by atoms with van der Waals surface area (Å²) >= 11 is 0. The first kappa shape index (κ1) is 21.8. The summed E-state index contributed by atoms with van der Waals surface area (Å²) in [5, 5.41) is 1.97. The van der Waals surface area contributed by atoms with E-state index in [1.54, 1.807) is 0 Å². The third-order valence-corrected chi connectivity index (χ3v) is 6.61. The highest BCUT2D eigenvalue weighted by Crippen LogP contribution is 2.34. The van der Waals surface area contributed by atoms with Crippen LogP contribution >= 0.6 is 0 Å². The Balaban J connectivity index is 1.47. The number of fused-ring (bicyclic) bond motifs is 1. The summed E-state index contributed by atoms with van der Waals surface area (Å²) in [6, 6.07) is 17.5. The van der Waals surface area contributed by atoms with Crippen molar-refractivity contribution in [2.75, 3.05) is 25.2 Å². The second kappa shape index (κ2) is 8.97. The fourth-order valence-electron chi connectivity index (χ4n) is 3.60.